The van der Waals surface area contributed by atoms with Gasteiger partial charge in [-0.15, -0.1) is 0 Å². The first kappa shape index (κ1) is 14.4. The molecule has 8 heteroatoms. The molecule has 0 saturated carbocycles. The van der Waals surface area contributed by atoms with Gasteiger partial charge in [0.05, 0.1) is 6.42 Å². The summed E-state index contributed by atoms with van der Waals surface area (Å²) in [6.45, 7) is 2.02. The van der Waals surface area contributed by atoms with Gasteiger partial charge >= 0.3 is 5.97 Å². The Balaban J connectivity index is 2.58. The lowest BCUT2D eigenvalue weighted by Crippen LogP contribution is -2.14. The highest BCUT2D eigenvalue weighted by Crippen LogP contribution is 2.38. The molecule has 2 heterocycles. The Morgan fingerprint density at radius 2 is 2.16 bits per heavy atom. The Morgan fingerprint density at radius 1 is 1.47 bits per heavy atom. The van der Waals surface area contributed by atoms with Crippen LogP contribution in [0.1, 0.15) is 17.8 Å². The smallest absolute Gasteiger partial charge is 0.305 e. The predicted molar refractivity (Wildman–Crippen MR) is 73.8 cm³/mol. The highest BCUT2D eigenvalue weighted by molar-refractivity contribution is 6.66. The van der Waals surface area contributed by atoms with Gasteiger partial charge in [-0.1, -0.05) is 34.8 Å². The zero-order valence-electron chi connectivity index (χ0n) is 9.90. The first-order chi connectivity index (χ1) is 8.79. The summed E-state index contributed by atoms with van der Waals surface area (Å²) in [5.41, 5.74) is 2.01. The molecule has 0 aliphatic carbocycles. The molecular weight excluding hydrogens is 312 g/mol. The summed E-state index contributed by atoms with van der Waals surface area (Å²) >= 11 is 17.6. The number of imidazole rings is 1. The van der Waals surface area contributed by atoms with Crippen molar-refractivity contribution >= 4 is 51.9 Å². The first-order valence-corrected chi connectivity index (χ1v) is 6.54. The molecule has 0 radical (unpaired) electrons. The molecule has 5 nitrogen and oxygen atoms in total. The monoisotopic (exact) mass is 321 g/mol. The zero-order chi connectivity index (χ0) is 14.2. The number of carboxylic acid groups (broad SMARTS) is 1. The molecule has 0 fully saturated rings. The van der Waals surface area contributed by atoms with E-state index < -0.39 is 9.76 Å². The van der Waals surface area contributed by atoms with Gasteiger partial charge in [-0.2, -0.15) is 0 Å². The highest BCUT2D eigenvalue weighted by Gasteiger charge is 2.31. The van der Waals surface area contributed by atoms with Crippen molar-refractivity contribution < 1.29 is 9.90 Å². The summed E-state index contributed by atoms with van der Waals surface area (Å²) in [6.07, 6.45) is 1.55. The van der Waals surface area contributed by atoms with E-state index in [0.29, 0.717) is 11.2 Å². The van der Waals surface area contributed by atoms with Crippen LogP contribution in [0.25, 0.3) is 11.2 Å². The van der Waals surface area contributed by atoms with E-state index in [9.17, 15) is 4.79 Å². The van der Waals surface area contributed by atoms with Crippen LogP contribution in [0.15, 0.2) is 12.3 Å². The van der Waals surface area contributed by atoms with E-state index in [0.717, 1.165) is 5.56 Å². The van der Waals surface area contributed by atoms with Crippen molar-refractivity contribution in [1.29, 1.82) is 0 Å². The third-order valence-electron chi connectivity index (χ3n) is 2.52. The second-order valence-electron chi connectivity index (χ2n) is 4.08. The van der Waals surface area contributed by atoms with Crippen LogP contribution in [0.2, 0.25) is 0 Å². The number of aliphatic carboxylic acids is 1. The molecule has 0 saturated heterocycles. The number of aryl methyl sites for hydroxylation is 2. The summed E-state index contributed by atoms with van der Waals surface area (Å²) < 4.78 is -0.205. The van der Waals surface area contributed by atoms with E-state index in [2.05, 4.69) is 9.97 Å². The number of hydrogen-bond donors (Lipinski definition) is 1. The van der Waals surface area contributed by atoms with Gasteiger partial charge in [-0.25, -0.2) is 9.97 Å². The lowest BCUT2D eigenvalue weighted by atomic mass is 10.3. The fourth-order valence-corrected chi connectivity index (χ4v) is 2.18. The van der Waals surface area contributed by atoms with E-state index in [-0.39, 0.29) is 18.8 Å². The Morgan fingerprint density at radius 3 is 2.74 bits per heavy atom. The summed E-state index contributed by atoms with van der Waals surface area (Å²) in [6, 6.07) is 1.81. The SMILES string of the molecule is Cc1cnc2c(c1)nc(C(Cl)(Cl)Cl)n2CCC(=O)O. The van der Waals surface area contributed by atoms with Crippen LogP contribution in [0.3, 0.4) is 0 Å². The van der Waals surface area contributed by atoms with Crippen molar-refractivity contribution in [3.8, 4) is 0 Å². The predicted octanol–water partition coefficient (Wildman–Crippen LogP) is 3.04. The van der Waals surface area contributed by atoms with Crippen LogP contribution in [0.4, 0.5) is 0 Å². The van der Waals surface area contributed by atoms with Crippen molar-refractivity contribution in [1.82, 2.24) is 14.5 Å². The maximum absolute atomic E-state index is 10.7. The van der Waals surface area contributed by atoms with Gasteiger partial charge in [0.2, 0.25) is 3.79 Å². The Labute approximate surface area is 124 Å². The van der Waals surface area contributed by atoms with E-state index in [1.165, 1.54) is 4.57 Å². The van der Waals surface area contributed by atoms with Crippen LogP contribution in [-0.4, -0.2) is 25.6 Å². The lowest BCUT2D eigenvalue weighted by Gasteiger charge is -2.12. The van der Waals surface area contributed by atoms with Crippen LogP contribution >= 0.6 is 34.8 Å². The maximum Gasteiger partial charge on any atom is 0.305 e. The Kier molecular flexibility index (Phi) is 3.90. The van der Waals surface area contributed by atoms with E-state index in [4.69, 9.17) is 39.9 Å². The topological polar surface area (TPSA) is 68.0 Å². The summed E-state index contributed by atoms with van der Waals surface area (Å²) in [7, 11) is 0. The Bertz CT molecular complexity index is 634. The lowest BCUT2D eigenvalue weighted by molar-refractivity contribution is -0.137. The zero-order valence-corrected chi connectivity index (χ0v) is 12.2. The summed E-state index contributed by atoms with van der Waals surface area (Å²) in [4.78, 5) is 19.2. The molecule has 19 heavy (non-hydrogen) atoms. The Hall–Kier alpha value is -1.04. The largest absolute Gasteiger partial charge is 0.481 e. The summed E-state index contributed by atoms with van der Waals surface area (Å²) in [5, 5.41) is 8.77. The van der Waals surface area contributed by atoms with Crippen molar-refractivity contribution in [3.05, 3.63) is 23.7 Å². The van der Waals surface area contributed by atoms with Crippen LogP contribution < -0.4 is 0 Å². The van der Waals surface area contributed by atoms with Gasteiger partial charge in [0, 0.05) is 12.7 Å². The molecule has 2 aromatic rings. The molecule has 1 N–H and O–H groups in total. The number of aromatic nitrogens is 3. The number of alkyl halides is 3. The minimum absolute atomic E-state index is 0.102. The normalized spacial score (nSPS) is 12.0. The number of fused-ring (bicyclic) bond motifs is 1. The molecule has 0 amide bonds. The number of nitrogens with zero attached hydrogens (tertiary/aromatic N) is 3. The third-order valence-corrected chi connectivity index (χ3v) is 3.03. The van der Waals surface area contributed by atoms with Gasteiger partial charge in [0.25, 0.3) is 0 Å². The number of carboxylic acids is 1. The van der Waals surface area contributed by atoms with E-state index in [1.54, 1.807) is 12.3 Å². The standard InChI is InChI=1S/C11H10Cl3N3O2/c1-6-4-7-9(15-5-6)17(3-2-8(18)19)10(16-7)11(12,13)14/h4-5H,2-3H2,1H3,(H,18,19). The molecule has 0 aliphatic rings. The average molecular weight is 323 g/mol. The maximum atomic E-state index is 10.7. The van der Waals surface area contributed by atoms with Crippen LogP contribution in [-0.2, 0) is 15.1 Å². The minimum Gasteiger partial charge on any atom is -0.481 e. The second-order valence-corrected chi connectivity index (χ2v) is 6.37. The fraction of sp³-hybridized carbons (Fsp3) is 0.364. The molecule has 102 valence electrons. The summed E-state index contributed by atoms with van der Waals surface area (Å²) in [5.74, 6) is -0.768. The van der Waals surface area contributed by atoms with Gasteiger partial charge in [-0.05, 0) is 18.6 Å². The molecule has 0 atom stereocenters. The molecule has 2 rings (SSSR count). The molecular formula is C11H10Cl3N3O2. The van der Waals surface area contributed by atoms with Gasteiger partial charge in [-0.3, -0.25) is 4.79 Å². The number of pyridine rings is 1. The molecule has 2 aromatic heterocycles. The quantitative estimate of drug-likeness (QED) is 0.882. The number of carbonyl (C=O) groups is 1. The fourth-order valence-electron chi connectivity index (χ4n) is 1.75. The van der Waals surface area contributed by atoms with Crippen molar-refractivity contribution in [2.75, 3.05) is 0 Å². The average Bonchev–Trinajstić information content (AvgIpc) is 2.63. The number of halogens is 3. The van der Waals surface area contributed by atoms with E-state index in [1.807, 2.05) is 6.92 Å². The van der Waals surface area contributed by atoms with Crippen LogP contribution in [0.5, 0.6) is 0 Å². The number of rotatable bonds is 3. The third kappa shape index (κ3) is 3.11. The van der Waals surface area contributed by atoms with Crippen LogP contribution in [0, 0.1) is 6.92 Å². The van der Waals surface area contributed by atoms with Crippen molar-refractivity contribution in [2.45, 2.75) is 23.7 Å². The van der Waals surface area contributed by atoms with Crippen molar-refractivity contribution in [2.24, 2.45) is 0 Å². The molecule has 0 aliphatic heterocycles. The molecule has 0 aromatic carbocycles. The van der Waals surface area contributed by atoms with E-state index >= 15 is 0 Å². The number of hydrogen-bond acceptors (Lipinski definition) is 3. The van der Waals surface area contributed by atoms with Gasteiger partial charge < -0.3 is 9.67 Å². The molecule has 0 spiro atoms. The first-order valence-electron chi connectivity index (χ1n) is 5.41. The van der Waals surface area contributed by atoms with Crippen molar-refractivity contribution in [3.63, 3.8) is 0 Å². The molecule has 0 unspecified atom stereocenters. The van der Waals surface area contributed by atoms with Gasteiger partial charge in [0.1, 0.15) is 5.52 Å². The minimum atomic E-state index is -1.73. The molecule has 0 bridgehead atoms. The highest BCUT2D eigenvalue weighted by atomic mass is 35.6. The second kappa shape index (κ2) is 5.15. The van der Waals surface area contributed by atoms with Gasteiger partial charge in [0.15, 0.2) is 11.5 Å².